The molecule has 0 saturated heterocycles. The second-order valence-corrected chi connectivity index (χ2v) is 1.80. The van der Waals surface area contributed by atoms with Crippen molar-refractivity contribution < 1.29 is 5.11 Å². The van der Waals surface area contributed by atoms with Crippen LogP contribution < -0.4 is 0 Å². The zero-order valence-electron chi connectivity index (χ0n) is 5.12. The SMILES string of the molecule is OCC1=CCC=CC=N1. The van der Waals surface area contributed by atoms with Crippen molar-refractivity contribution in [3.05, 3.63) is 23.9 Å². The quantitative estimate of drug-likeness (QED) is 0.552. The van der Waals surface area contributed by atoms with Crippen LogP contribution in [0.3, 0.4) is 0 Å². The molecule has 0 bridgehead atoms. The number of aliphatic imine (C=N–C) groups is 1. The molecule has 9 heavy (non-hydrogen) atoms. The Morgan fingerprint density at radius 3 is 3.33 bits per heavy atom. The molecular formula is C7H9NO. The molecule has 0 amide bonds. The summed E-state index contributed by atoms with van der Waals surface area (Å²) in [5, 5.41) is 8.61. The molecule has 0 aliphatic carbocycles. The third kappa shape index (κ3) is 1.82. The standard InChI is InChI=1S/C7H9NO/c9-6-7-4-2-1-3-5-8-7/h1,3-5,9H,2,6H2. The molecule has 1 N–H and O–H groups in total. The highest BCUT2D eigenvalue weighted by Gasteiger charge is 1.89. The summed E-state index contributed by atoms with van der Waals surface area (Å²) in [6, 6.07) is 0. The van der Waals surface area contributed by atoms with E-state index in [0.717, 1.165) is 12.1 Å². The zero-order valence-corrected chi connectivity index (χ0v) is 5.12. The number of aliphatic hydroxyl groups is 1. The van der Waals surface area contributed by atoms with Crippen LogP contribution in [0.15, 0.2) is 28.9 Å². The van der Waals surface area contributed by atoms with Crippen molar-refractivity contribution >= 4 is 6.21 Å². The molecule has 0 saturated carbocycles. The van der Waals surface area contributed by atoms with Crippen molar-refractivity contribution in [1.29, 1.82) is 0 Å². The Balaban J connectivity index is 2.63. The first-order valence-corrected chi connectivity index (χ1v) is 2.92. The van der Waals surface area contributed by atoms with Gasteiger partial charge in [0.2, 0.25) is 0 Å². The summed E-state index contributed by atoms with van der Waals surface area (Å²) >= 11 is 0. The number of allylic oxidation sites excluding steroid dienone is 3. The highest BCUT2D eigenvalue weighted by molar-refractivity contribution is 5.72. The molecule has 0 aromatic rings. The van der Waals surface area contributed by atoms with Crippen molar-refractivity contribution in [3.8, 4) is 0 Å². The van der Waals surface area contributed by atoms with Gasteiger partial charge in [-0.1, -0.05) is 12.2 Å². The van der Waals surface area contributed by atoms with E-state index < -0.39 is 0 Å². The van der Waals surface area contributed by atoms with E-state index in [9.17, 15) is 0 Å². The van der Waals surface area contributed by atoms with Gasteiger partial charge in [0.05, 0.1) is 12.3 Å². The Hall–Kier alpha value is -0.890. The summed E-state index contributed by atoms with van der Waals surface area (Å²) in [6.07, 6.45) is 8.33. The van der Waals surface area contributed by atoms with Crippen molar-refractivity contribution in [1.82, 2.24) is 0 Å². The van der Waals surface area contributed by atoms with Gasteiger partial charge in [-0.25, -0.2) is 0 Å². The Morgan fingerprint density at radius 2 is 2.56 bits per heavy atom. The Bertz CT molecular complexity index is 168. The first-order valence-electron chi connectivity index (χ1n) is 2.92. The van der Waals surface area contributed by atoms with Gasteiger partial charge in [0.1, 0.15) is 0 Å². The van der Waals surface area contributed by atoms with Crippen LogP contribution in [0.1, 0.15) is 6.42 Å². The second-order valence-electron chi connectivity index (χ2n) is 1.80. The minimum Gasteiger partial charge on any atom is -0.390 e. The van der Waals surface area contributed by atoms with E-state index in [1.54, 1.807) is 6.21 Å². The number of hydrogen-bond acceptors (Lipinski definition) is 2. The summed E-state index contributed by atoms with van der Waals surface area (Å²) in [7, 11) is 0. The van der Waals surface area contributed by atoms with Gasteiger partial charge < -0.3 is 5.11 Å². The van der Waals surface area contributed by atoms with Crippen molar-refractivity contribution in [2.24, 2.45) is 4.99 Å². The summed E-state index contributed by atoms with van der Waals surface area (Å²) in [5.41, 5.74) is 0.750. The Morgan fingerprint density at radius 1 is 1.67 bits per heavy atom. The topological polar surface area (TPSA) is 32.6 Å². The molecule has 1 aliphatic heterocycles. The summed E-state index contributed by atoms with van der Waals surface area (Å²) in [6.45, 7) is 0.0399. The molecule has 0 unspecified atom stereocenters. The molecule has 0 aromatic heterocycles. The smallest absolute Gasteiger partial charge is 0.0849 e. The van der Waals surface area contributed by atoms with E-state index in [-0.39, 0.29) is 6.61 Å². The maximum absolute atomic E-state index is 8.61. The molecule has 1 heterocycles. The monoisotopic (exact) mass is 123 g/mol. The first-order chi connectivity index (χ1) is 4.43. The average molecular weight is 123 g/mol. The minimum absolute atomic E-state index is 0.0399. The maximum Gasteiger partial charge on any atom is 0.0849 e. The van der Waals surface area contributed by atoms with E-state index in [1.807, 2.05) is 18.2 Å². The third-order valence-electron chi connectivity index (χ3n) is 1.11. The fourth-order valence-corrected chi connectivity index (χ4v) is 0.640. The van der Waals surface area contributed by atoms with Gasteiger partial charge in [-0.05, 0) is 12.5 Å². The van der Waals surface area contributed by atoms with Gasteiger partial charge >= 0.3 is 0 Å². The van der Waals surface area contributed by atoms with E-state index >= 15 is 0 Å². The molecule has 1 aliphatic rings. The molecule has 0 aromatic carbocycles. The summed E-state index contributed by atoms with van der Waals surface area (Å²) < 4.78 is 0. The lowest BCUT2D eigenvalue weighted by Gasteiger charge is -1.89. The third-order valence-corrected chi connectivity index (χ3v) is 1.11. The Labute approximate surface area is 54.2 Å². The molecule has 2 nitrogen and oxygen atoms in total. The maximum atomic E-state index is 8.61. The van der Waals surface area contributed by atoms with Crippen LogP contribution in [0.5, 0.6) is 0 Å². The zero-order chi connectivity index (χ0) is 6.53. The number of aliphatic hydroxyl groups excluding tert-OH is 1. The van der Waals surface area contributed by atoms with E-state index in [0.29, 0.717) is 0 Å². The first kappa shape index (κ1) is 6.23. The van der Waals surface area contributed by atoms with E-state index in [1.165, 1.54) is 0 Å². The molecule has 0 spiro atoms. The molecule has 1 rings (SSSR count). The normalized spacial score (nSPS) is 17.2. The molecule has 0 atom stereocenters. The van der Waals surface area contributed by atoms with Gasteiger partial charge in [-0.15, -0.1) is 0 Å². The van der Waals surface area contributed by atoms with Crippen LogP contribution in [0.2, 0.25) is 0 Å². The molecule has 2 heteroatoms. The lowest BCUT2D eigenvalue weighted by molar-refractivity contribution is 0.330. The Kier molecular flexibility index (Phi) is 2.22. The number of nitrogens with zero attached hydrogens (tertiary/aromatic N) is 1. The molecule has 0 fully saturated rings. The van der Waals surface area contributed by atoms with Gasteiger partial charge in [-0.2, -0.15) is 0 Å². The van der Waals surface area contributed by atoms with E-state index in [2.05, 4.69) is 4.99 Å². The summed E-state index contributed by atoms with van der Waals surface area (Å²) in [4.78, 5) is 3.94. The molecule has 48 valence electrons. The van der Waals surface area contributed by atoms with Crippen LogP contribution >= 0.6 is 0 Å². The van der Waals surface area contributed by atoms with Crippen LogP contribution in [-0.2, 0) is 0 Å². The van der Waals surface area contributed by atoms with Crippen LogP contribution in [0.4, 0.5) is 0 Å². The predicted octanol–water partition coefficient (Wildman–Crippen LogP) is 0.893. The fraction of sp³-hybridized carbons (Fsp3) is 0.286. The number of rotatable bonds is 1. The largest absolute Gasteiger partial charge is 0.390 e. The second kappa shape index (κ2) is 3.20. The van der Waals surface area contributed by atoms with E-state index in [4.69, 9.17) is 5.11 Å². The number of hydrogen-bond donors (Lipinski definition) is 1. The highest BCUT2D eigenvalue weighted by atomic mass is 16.3. The van der Waals surface area contributed by atoms with Gasteiger partial charge in [-0.3, -0.25) is 4.99 Å². The lowest BCUT2D eigenvalue weighted by atomic mass is 10.3. The van der Waals surface area contributed by atoms with Crippen molar-refractivity contribution in [2.45, 2.75) is 6.42 Å². The summed E-state index contributed by atoms with van der Waals surface area (Å²) in [5.74, 6) is 0. The van der Waals surface area contributed by atoms with Gasteiger partial charge in [0.25, 0.3) is 0 Å². The van der Waals surface area contributed by atoms with Crippen LogP contribution in [-0.4, -0.2) is 17.9 Å². The van der Waals surface area contributed by atoms with Gasteiger partial charge in [0, 0.05) is 6.21 Å². The van der Waals surface area contributed by atoms with Crippen LogP contribution in [0, 0.1) is 0 Å². The van der Waals surface area contributed by atoms with Crippen molar-refractivity contribution in [2.75, 3.05) is 6.61 Å². The molecular weight excluding hydrogens is 114 g/mol. The fourth-order valence-electron chi connectivity index (χ4n) is 0.640. The highest BCUT2D eigenvalue weighted by Crippen LogP contribution is 2.00. The minimum atomic E-state index is 0.0399. The average Bonchev–Trinajstić information content (AvgIpc) is 2.13. The lowest BCUT2D eigenvalue weighted by Crippen LogP contribution is -1.84. The van der Waals surface area contributed by atoms with Gasteiger partial charge in [0.15, 0.2) is 0 Å². The van der Waals surface area contributed by atoms with Crippen LogP contribution in [0.25, 0.3) is 0 Å². The predicted molar refractivity (Wildman–Crippen MR) is 37.4 cm³/mol. The molecule has 0 radical (unpaired) electrons. The van der Waals surface area contributed by atoms with Crippen molar-refractivity contribution in [3.63, 3.8) is 0 Å².